The molecule has 0 saturated carbocycles. The van der Waals surface area contributed by atoms with Gasteiger partial charge in [0.25, 0.3) is 5.91 Å². The number of nitrogens with zero attached hydrogens (tertiary/aromatic N) is 3. The summed E-state index contributed by atoms with van der Waals surface area (Å²) in [4.78, 5) is 28.7. The van der Waals surface area contributed by atoms with Crippen LogP contribution in [0.25, 0.3) is 0 Å². The lowest BCUT2D eigenvalue weighted by Gasteiger charge is -2.01. The number of amidine groups is 1. The molecule has 8 nitrogen and oxygen atoms in total. The molecule has 1 aromatic carbocycles. The molecular formula is C18H16ClN5O3S2. The summed E-state index contributed by atoms with van der Waals surface area (Å²) < 4.78 is 4.52. The van der Waals surface area contributed by atoms with Crippen molar-refractivity contribution in [2.24, 2.45) is 10.2 Å². The van der Waals surface area contributed by atoms with Gasteiger partial charge >= 0.3 is 5.97 Å². The summed E-state index contributed by atoms with van der Waals surface area (Å²) in [6, 6.07) is 7.32. The van der Waals surface area contributed by atoms with E-state index in [4.69, 9.17) is 11.6 Å². The van der Waals surface area contributed by atoms with Crippen LogP contribution < -0.4 is 10.6 Å². The molecule has 1 fully saturated rings. The molecule has 1 aliphatic heterocycles. The Balaban J connectivity index is 1.73. The maximum absolute atomic E-state index is 11.8. The number of esters is 1. The molecule has 0 spiro atoms. The molecule has 0 aliphatic carbocycles. The van der Waals surface area contributed by atoms with E-state index in [1.165, 1.54) is 18.4 Å². The number of amides is 1. The van der Waals surface area contributed by atoms with Crippen molar-refractivity contribution in [3.05, 3.63) is 50.8 Å². The number of aryl methyl sites for hydroxylation is 1. The summed E-state index contributed by atoms with van der Waals surface area (Å²) >= 11 is 8.36. The summed E-state index contributed by atoms with van der Waals surface area (Å²) in [5.74, 6) is -1.03. The molecule has 29 heavy (non-hydrogen) atoms. The lowest BCUT2D eigenvalue weighted by Crippen LogP contribution is -2.19. The Morgan fingerprint density at radius 1 is 1.34 bits per heavy atom. The Hall–Kier alpha value is -2.69. The molecule has 1 saturated heterocycles. The molecule has 0 atom stereocenters. The number of hydrogen-bond donors (Lipinski definition) is 2. The van der Waals surface area contributed by atoms with Crippen molar-refractivity contribution in [2.45, 2.75) is 13.8 Å². The van der Waals surface area contributed by atoms with Crippen LogP contribution in [0.5, 0.6) is 0 Å². The number of rotatable bonds is 5. The third-order valence-electron chi connectivity index (χ3n) is 3.61. The largest absolute Gasteiger partial charge is 0.466 e. The molecule has 0 unspecified atom stereocenters. The smallest absolute Gasteiger partial charge is 0.331 e. The van der Waals surface area contributed by atoms with Gasteiger partial charge in [0, 0.05) is 16.8 Å². The minimum atomic E-state index is -0.607. The second kappa shape index (κ2) is 9.21. The van der Waals surface area contributed by atoms with Crippen LogP contribution in [-0.4, -0.2) is 34.8 Å². The molecule has 2 heterocycles. The van der Waals surface area contributed by atoms with Gasteiger partial charge in [-0.15, -0.1) is 5.10 Å². The fraction of sp³-hybridized carbons (Fsp3) is 0.167. The van der Waals surface area contributed by atoms with E-state index in [1.807, 2.05) is 26.0 Å². The lowest BCUT2D eigenvalue weighted by molar-refractivity contribution is -0.135. The van der Waals surface area contributed by atoms with Crippen molar-refractivity contribution in [2.75, 3.05) is 12.4 Å². The predicted molar refractivity (Wildman–Crippen MR) is 117 cm³/mol. The zero-order valence-corrected chi connectivity index (χ0v) is 18.0. The number of thioether (sulfide) groups is 1. The molecular weight excluding hydrogens is 434 g/mol. The van der Waals surface area contributed by atoms with Crippen LogP contribution in [0.1, 0.15) is 17.5 Å². The van der Waals surface area contributed by atoms with E-state index in [2.05, 4.69) is 30.6 Å². The van der Waals surface area contributed by atoms with Crippen molar-refractivity contribution in [3.63, 3.8) is 0 Å². The zero-order valence-electron chi connectivity index (χ0n) is 15.6. The topological polar surface area (TPSA) is 105 Å². The number of carbonyl (C=O) groups excluding carboxylic acids is 2. The lowest BCUT2D eigenvalue weighted by atomic mass is 10.3. The van der Waals surface area contributed by atoms with Crippen molar-refractivity contribution in [3.8, 4) is 0 Å². The highest BCUT2D eigenvalue weighted by Gasteiger charge is 2.25. The Morgan fingerprint density at radius 3 is 2.76 bits per heavy atom. The Kier molecular flexibility index (Phi) is 6.68. The number of aromatic nitrogens is 1. The minimum Gasteiger partial charge on any atom is -0.466 e. The number of methoxy groups -OCH3 is 1. The van der Waals surface area contributed by atoms with Gasteiger partial charge in [0.15, 0.2) is 10.3 Å². The maximum Gasteiger partial charge on any atom is 0.331 e. The molecule has 1 amide bonds. The van der Waals surface area contributed by atoms with Gasteiger partial charge in [-0.3, -0.25) is 10.1 Å². The number of carbonyl (C=O) groups is 2. The van der Waals surface area contributed by atoms with Crippen LogP contribution in [0.2, 0.25) is 5.02 Å². The molecule has 0 bridgehead atoms. The summed E-state index contributed by atoms with van der Waals surface area (Å²) in [5.41, 5.74) is 2.33. The summed E-state index contributed by atoms with van der Waals surface area (Å²) in [6.07, 6.45) is 1.11. The molecule has 11 heteroatoms. The number of ether oxygens (including phenoxy) is 1. The molecule has 2 aromatic rings. The minimum absolute atomic E-state index is 0.201. The second-order valence-corrected chi connectivity index (χ2v) is 8.21. The second-order valence-electron chi connectivity index (χ2n) is 5.74. The number of nitrogens with one attached hydrogen (secondary N) is 2. The van der Waals surface area contributed by atoms with Gasteiger partial charge in [0.1, 0.15) is 0 Å². The van der Waals surface area contributed by atoms with Crippen molar-refractivity contribution >= 4 is 68.3 Å². The predicted octanol–water partition coefficient (Wildman–Crippen LogP) is 3.85. The maximum atomic E-state index is 11.8. The molecule has 3 rings (SSSR count). The quantitative estimate of drug-likeness (QED) is 0.311. The van der Waals surface area contributed by atoms with Gasteiger partial charge in [-0.2, -0.15) is 5.10 Å². The van der Waals surface area contributed by atoms with Crippen LogP contribution in [0, 0.1) is 6.92 Å². The van der Waals surface area contributed by atoms with Crippen LogP contribution in [-0.2, 0) is 14.3 Å². The standard InChI is InChI=1S/C18H16ClN5O3S2/c1-9-15(29-17(20-9)21-12-6-4-11(19)5-7-12)10(2)23-24-18-22-16(26)13(28-18)8-14(25)27-3/h4-8H,1-3H3,(H,20,21)(H,22,24,26)/b13-8+,23-10+. The number of hydrogen-bond acceptors (Lipinski definition) is 9. The van der Waals surface area contributed by atoms with Gasteiger partial charge in [0.2, 0.25) is 0 Å². The Labute approximate surface area is 180 Å². The van der Waals surface area contributed by atoms with Gasteiger partial charge in [-0.05, 0) is 49.9 Å². The first-order valence-electron chi connectivity index (χ1n) is 8.27. The molecule has 150 valence electrons. The van der Waals surface area contributed by atoms with E-state index in [9.17, 15) is 9.59 Å². The number of thiazole rings is 1. The normalized spacial score (nSPS) is 17.0. The third-order valence-corrected chi connectivity index (χ3v) is 5.95. The highest BCUT2D eigenvalue weighted by Crippen LogP contribution is 2.28. The van der Waals surface area contributed by atoms with E-state index in [0.717, 1.165) is 34.1 Å². The van der Waals surface area contributed by atoms with Gasteiger partial charge in [0.05, 0.1) is 28.3 Å². The SMILES string of the molecule is COC(=O)/C=C1/S/C(=N/N=C(\C)c2sc(Nc3ccc(Cl)cc3)nc2C)NC1=O. The van der Waals surface area contributed by atoms with Crippen molar-refractivity contribution in [1.29, 1.82) is 0 Å². The van der Waals surface area contributed by atoms with E-state index >= 15 is 0 Å². The molecule has 2 N–H and O–H groups in total. The average Bonchev–Trinajstić information content (AvgIpc) is 3.23. The summed E-state index contributed by atoms with van der Waals surface area (Å²) in [7, 11) is 1.24. The van der Waals surface area contributed by atoms with E-state index in [1.54, 1.807) is 12.1 Å². The van der Waals surface area contributed by atoms with Crippen LogP contribution in [0.15, 0.2) is 45.4 Å². The fourth-order valence-corrected chi connectivity index (χ4v) is 4.03. The fourth-order valence-electron chi connectivity index (χ4n) is 2.25. The van der Waals surface area contributed by atoms with Crippen LogP contribution >= 0.6 is 34.7 Å². The molecule has 1 aromatic heterocycles. The van der Waals surface area contributed by atoms with Gasteiger partial charge in [-0.1, -0.05) is 22.9 Å². The highest BCUT2D eigenvalue weighted by atomic mass is 35.5. The van der Waals surface area contributed by atoms with E-state index in [0.29, 0.717) is 15.9 Å². The van der Waals surface area contributed by atoms with Crippen molar-refractivity contribution in [1.82, 2.24) is 10.3 Å². The monoisotopic (exact) mass is 449 g/mol. The number of anilines is 2. The Morgan fingerprint density at radius 2 is 2.07 bits per heavy atom. The van der Waals surface area contributed by atoms with Gasteiger partial charge in [-0.25, -0.2) is 9.78 Å². The first-order chi connectivity index (χ1) is 13.9. The number of benzene rings is 1. The van der Waals surface area contributed by atoms with E-state index in [-0.39, 0.29) is 10.1 Å². The zero-order chi connectivity index (χ0) is 21.0. The highest BCUT2D eigenvalue weighted by molar-refractivity contribution is 8.18. The van der Waals surface area contributed by atoms with E-state index < -0.39 is 11.9 Å². The van der Waals surface area contributed by atoms with Crippen LogP contribution in [0.3, 0.4) is 0 Å². The summed E-state index contributed by atoms with van der Waals surface area (Å²) in [5, 5.41) is 15.7. The molecule has 0 radical (unpaired) electrons. The average molecular weight is 450 g/mol. The Bertz CT molecular complexity index is 1040. The van der Waals surface area contributed by atoms with Gasteiger partial charge < -0.3 is 10.1 Å². The first kappa shape index (κ1) is 21.0. The van der Waals surface area contributed by atoms with Crippen LogP contribution in [0.4, 0.5) is 10.8 Å². The first-order valence-corrected chi connectivity index (χ1v) is 10.3. The third kappa shape index (κ3) is 5.43. The molecule has 1 aliphatic rings. The summed E-state index contributed by atoms with van der Waals surface area (Å²) in [6.45, 7) is 3.69. The number of halogens is 1. The van der Waals surface area contributed by atoms with Crippen molar-refractivity contribution < 1.29 is 14.3 Å².